The van der Waals surface area contributed by atoms with Crippen LogP contribution in [0.2, 0.25) is 0 Å². The van der Waals surface area contributed by atoms with Crippen molar-refractivity contribution in [2.45, 2.75) is 88.5 Å². The Labute approximate surface area is 232 Å². The standard InChI is InChI=1S/C34H40N2O3/c1-22(2)20-36(30(37)13-12-24-7-4-6-23(3)18-24)27-14-15-34(38)29-19-26-8-5-9-28-31(26)33(34,32(27)39-28)16-17-35(29)21-25-10-11-25/h4-9,18,22,25,27,29,32,38H,10-11,14-17,19-21H2,1-3H3/t27-,29+,32-,33-,34+/m0/s1. The van der Waals surface area contributed by atoms with E-state index in [4.69, 9.17) is 4.74 Å². The predicted octanol–water partition coefficient (Wildman–Crippen LogP) is 4.46. The number of hydrogen-bond acceptors (Lipinski definition) is 4. The van der Waals surface area contributed by atoms with Crippen molar-refractivity contribution in [3.05, 3.63) is 64.7 Å². The number of aliphatic hydroxyl groups is 1. The van der Waals surface area contributed by atoms with Crippen molar-refractivity contribution in [1.82, 2.24) is 9.80 Å². The third kappa shape index (κ3) is 3.86. The van der Waals surface area contributed by atoms with Crippen LogP contribution in [0.5, 0.6) is 5.75 Å². The van der Waals surface area contributed by atoms with E-state index >= 15 is 0 Å². The van der Waals surface area contributed by atoms with Crippen LogP contribution < -0.4 is 4.74 Å². The number of nitrogens with zero attached hydrogens (tertiary/aromatic N) is 2. The molecule has 39 heavy (non-hydrogen) atoms. The van der Waals surface area contributed by atoms with Crippen LogP contribution >= 0.6 is 0 Å². The highest BCUT2D eigenvalue weighted by Gasteiger charge is 2.73. The lowest BCUT2D eigenvalue weighted by molar-refractivity contribution is -0.201. The summed E-state index contributed by atoms with van der Waals surface area (Å²) in [5, 5.41) is 12.8. The summed E-state index contributed by atoms with van der Waals surface area (Å²) in [5.74, 6) is 7.96. The first-order valence-corrected chi connectivity index (χ1v) is 14.9. The van der Waals surface area contributed by atoms with Gasteiger partial charge in [-0.1, -0.05) is 44.0 Å². The van der Waals surface area contributed by atoms with Gasteiger partial charge in [0.05, 0.1) is 17.1 Å². The number of amides is 1. The van der Waals surface area contributed by atoms with Crippen LogP contribution in [0.1, 0.15) is 68.2 Å². The molecule has 5 aliphatic rings. The van der Waals surface area contributed by atoms with Crippen LogP contribution in [0.4, 0.5) is 0 Å². The molecular formula is C34H40N2O3. The predicted molar refractivity (Wildman–Crippen MR) is 152 cm³/mol. The average Bonchev–Trinajstić information content (AvgIpc) is 3.65. The third-order valence-electron chi connectivity index (χ3n) is 10.2. The lowest BCUT2D eigenvalue weighted by Crippen LogP contribution is -2.78. The van der Waals surface area contributed by atoms with Gasteiger partial charge >= 0.3 is 0 Å². The number of hydrogen-bond donors (Lipinski definition) is 1. The molecule has 1 saturated heterocycles. The topological polar surface area (TPSA) is 53.0 Å². The minimum absolute atomic E-state index is 0.107. The van der Waals surface area contributed by atoms with E-state index in [0.717, 1.165) is 55.1 Å². The second-order valence-electron chi connectivity index (χ2n) is 13.2. The molecule has 2 saturated carbocycles. The average molecular weight is 525 g/mol. The summed E-state index contributed by atoms with van der Waals surface area (Å²) in [6.07, 6.45) is 5.53. The van der Waals surface area contributed by atoms with E-state index in [1.165, 1.54) is 24.0 Å². The highest BCUT2D eigenvalue weighted by molar-refractivity contribution is 5.94. The fourth-order valence-corrected chi connectivity index (χ4v) is 8.43. The van der Waals surface area contributed by atoms with Crippen molar-refractivity contribution in [2.24, 2.45) is 11.8 Å². The molecular weight excluding hydrogens is 484 g/mol. The summed E-state index contributed by atoms with van der Waals surface area (Å²) in [5.41, 5.74) is 3.22. The Morgan fingerprint density at radius 2 is 2.00 bits per heavy atom. The van der Waals surface area contributed by atoms with Gasteiger partial charge in [-0.25, -0.2) is 0 Å². The molecule has 1 spiro atoms. The minimum atomic E-state index is -0.847. The number of benzene rings is 2. The molecule has 2 aromatic rings. The van der Waals surface area contributed by atoms with Gasteiger partial charge in [0.25, 0.3) is 5.91 Å². The molecule has 204 valence electrons. The SMILES string of the molecule is Cc1cccc(C#CC(=O)N(CC(C)C)[C@H]2CC[C@@]3(O)[C@H]4Cc5cccc6c5[C@@]3(CCN4CC3CC3)[C@H]2O6)c1. The van der Waals surface area contributed by atoms with Gasteiger partial charge in [0.2, 0.25) is 0 Å². The van der Waals surface area contributed by atoms with E-state index in [1.807, 2.05) is 36.1 Å². The number of aryl methyl sites for hydroxylation is 1. The maximum Gasteiger partial charge on any atom is 0.299 e. The van der Waals surface area contributed by atoms with Crippen molar-refractivity contribution in [1.29, 1.82) is 0 Å². The molecule has 0 aromatic heterocycles. The maximum atomic E-state index is 13.8. The summed E-state index contributed by atoms with van der Waals surface area (Å²) >= 11 is 0. The van der Waals surface area contributed by atoms with Crippen LogP contribution in [0.15, 0.2) is 42.5 Å². The highest BCUT2D eigenvalue weighted by Crippen LogP contribution is 2.64. The number of carbonyl (C=O) groups is 1. The van der Waals surface area contributed by atoms with Gasteiger partial charge in [-0.05, 0) is 93.2 Å². The second-order valence-corrected chi connectivity index (χ2v) is 13.2. The number of ether oxygens (including phenoxy) is 1. The quantitative estimate of drug-likeness (QED) is 0.587. The number of rotatable bonds is 5. The van der Waals surface area contributed by atoms with Crippen molar-refractivity contribution < 1.29 is 14.6 Å². The highest BCUT2D eigenvalue weighted by atomic mass is 16.5. The third-order valence-corrected chi connectivity index (χ3v) is 10.2. The van der Waals surface area contributed by atoms with E-state index in [1.54, 1.807) is 0 Å². The first kappa shape index (κ1) is 25.2. The lowest BCUT2D eigenvalue weighted by atomic mass is 9.48. The zero-order valence-corrected chi connectivity index (χ0v) is 23.5. The second kappa shape index (κ2) is 9.11. The van der Waals surface area contributed by atoms with E-state index in [9.17, 15) is 9.90 Å². The molecule has 5 atom stereocenters. The Morgan fingerprint density at radius 3 is 2.77 bits per heavy atom. The molecule has 0 radical (unpaired) electrons. The normalized spacial score (nSPS) is 32.2. The molecule has 2 aliphatic heterocycles. The zero-order chi connectivity index (χ0) is 26.9. The maximum absolute atomic E-state index is 13.8. The molecule has 0 unspecified atom stereocenters. The lowest BCUT2D eigenvalue weighted by Gasteiger charge is -2.65. The molecule has 2 bridgehead atoms. The van der Waals surface area contributed by atoms with Crippen molar-refractivity contribution in [2.75, 3.05) is 19.6 Å². The number of carbonyl (C=O) groups excluding carboxylic acids is 1. The Kier molecular flexibility index (Phi) is 5.88. The van der Waals surface area contributed by atoms with Crippen LogP contribution in [-0.2, 0) is 16.6 Å². The van der Waals surface area contributed by atoms with Gasteiger partial charge in [-0.3, -0.25) is 9.69 Å². The van der Waals surface area contributed by atoms with E-state index in [2.05, 4.69) is 48.8 Å². The van der Waals surface area contributed by atoms with Gasteiger partial charge in [-0.15, -0.1) is 0 Å². The van der Waals surface area contributed by atoms with E-state index in [-0.39, 0.29) is 24.1 Å². The van der Waals surface area contributed by atoms with Gasteiger partial charge in [0.15, 0.2) is 0 Å². The smallest absolute Gasteiger partial charge is 0.299 e. The van der Waals surface area contributed by atoms with Crippen LogP contribution in [-0.4, -0.2) is 64.2 Å². The summed E-state index contributed by atoms with van der Waals surface area (Å²) in [7, 11) is 0. The van der Waals surface area contributed by atoms with Crippen LogP contribution in [0.3, 0.4) is 0 Å². The fourth-order valence-electron chi connectivity index (χ4n) is 8.43. The first-order chi connectivity index (χ1) is 18.8. The summed E-state index contributed by atoms with van der Waals surface area (Å²) in [4.78, 5) is 18.4. The molecule has 3 fully saturated rings. The van der Waals surface area contributed by atoms with Crippen LogP contribution in [0, 0.1) is 30.6 Å². The Bertz CT molecular complexity index is 1370. The molecule has 5 nitrogen and oxygen atoms in total. The van der Waals surface area contributed by atoms with Crippen molar-refractivity contribution >= 4 is 5.91 Å². The monoisotopic (exact) mass is 524 g/mol. The van der Waals surface area contributed by atoms with Gasteiger partial charge in [0.1, 0.15) is 11.9 Å². The molecule has 2 heterocycles. The Balaban J connectivity index is 1.27. The van der Waals surface area contributed by atoms with E-state index < -0.39 is 11.0 Å². The molecule has 1 N–H and O–H groups in total. The molecule has 1 amide bonds. The van der Waals surface area contributed by atoms with Gasteiger partial charge in [-0.2, -0.15) is 0 Å². The largest absolute Gasteiger partial charge is 0.487 e. The summed E-state index contributed by atoms with van der Waals surface area (Å²) in [6, 6.07) is 14.4. The number of piperidine rings is 1. The summed E-state index contributed by atoms with van der Waals surface area (Å²) in [6.45, 7) is 9.05. The first-order valence-electron chi connectivity index (χ1n) is 14.9. The van der Waals surface area contributed by atoms with Gasteiger partial charge < -0.3 is 14.7 Å². The fraction of sp³-hybridized carbons (Fsp3) is 0.559. The summed E-state index contributed by atoms with van der Waals surface area (Å²) < 4.78 is 6.86. The zero-order valence-electron chi connectivity index (χ0n) is 23.5. The Hall–Kier alpha value is -2.81. The Morgan fingerprint density at radius 1 is 1.18 bits per heavy atom. The van der Waals surface area contributed by atoms with Crippen molar-refractivity contribution in [3.63, 3.8) is 0 Å². The number of likely N-dealkylation sites (tertiary alicyclic amines) is 1. The van der Waals surface area contributed by atoms with E-state index in [0.29, 0.717) is 18.9 Å². The van der Waals surface area contributed by atoms with Crippen LogP contribution in [0.25, 0.3) is 0 Å². The minimum Gasteiger partial charge on any atom is -0.487 e. The van der Waals surface area contributed by atoms with Crippen molar-refractivity contribution in [3.8, 4) is 17.6 Å². The molecule has 3 aliphatic carbocycles. The van der Waals surface area contributed by atoms with Gasteiger partial charge in [0, 0.05) is 36.2 Å². The molecule has 5 heteroatoms. The molecule has 2 aromatic carbocycles. The molecule has 7 rings (SSSR count).